The van der Waals surface area contributed by atoms with E-state index in [-0.39, 0.29) is 73.7 Å². The van der Waals surface area contributed by atoms with Crippen molar-refractivity contribution >= 4 is 86.7 Å². The number of ether oxygens (including phenoxy) is 1. The normalized spacial score (nSPS) is 20.8. The van der Waals surface area contributed by atoms with Crippen molar-refractivity contribution in [1.29, 1.82) is 0 Å². The Bertz CT molecular complexity index is 2160. The van der Waals surface area contributed by atoms with Crippen molar-refractivity contribution in [3.05, 3.63) is 12.7 Å². The van der Waals surface area contributed by atoms with Crippen molar-refractivity contribution in [2.45, 2.75) is 89.9 Å². The number of aromatic nitrogens is 4. The molecule has 1 aliphatic heterocycles. The minimum absolute atomic E-state index is 0.0114. The number of thioether (sulfide) groups is 1. The Labute approximate surface area is 367 Å². The number of nitrogens with zero attached hydrogens (tertiary/aromatic N) is 4. The first-order valence-electron chi connectivity index (χ1n) is 18.9. The standard InChI is InChI=1S/C32H50N7O21P3S/c1-17(19(41)6-7-22(43)44)4-5-18(40)12-23(45)64-11-10-34-21(42)8-9-35-30(48)27(47)32(2,3)14-57-63(54,55)60-62(52,53)56-13-20-26(59-61(49,50)51)25(46)31(58-20)39-16-38-24-28(33)36-15-37-29(24)39/h15-17,20,25-27,31,46-47H,4-14H2,1-3H3,(H,34,42)(H,35,48)(H,43,44)(H,52,53)(H,54,55)(H2,33,36,37)(H2,49,50,51)/t17?,20-,25-,26-,27+,31-/m1/s1. The van der Waals surface area contributed by atoms with Gasteiger partial charge in [0.2, 0.25) is 11.8 Å². The fourth-order valence-electron chi connectivity index (χ4n) is 5.61. The van der Waals surface area contributed by atoms with Crippen molar-refractivity contribution in [3.63, 3.8) is 0 Å². The maximum atomic E-state index is 12.7. The molecule has 1 saturated heterocycles. The van der Waals surface area contributed by atoms with Gasteiger partial charge in [-0.05, 0) is 6.42 Å². The number of fused-ring (bicyclic) bond motifs is 1. The monoisotopic (exact) mass is 993 g/mol. The van der Waals surface area contributed by atoms with Crippen LogP contribution < -0.4 is 16.4 Å². The molecule has 11 N–H and O–H groups in total. The van der Waals surface area contributed by atoms with E-state index in [2.05, 4.69) is 34.4 Å². The second-order valence-corrected chi connectivity index (χ2v) is 20.2. The number of aliphatic carboxylic acids is 1. The molecule has 0 saturated carbocycles. The van der Waals surface area contributed by atoms with Gasteiger partial charge in [0.15, 0.2) is 22.8 Å². The molecule has 2 aromatic rings. The number of aliphatic hydroxyl groups is 2. The average molecular weight is 994 g/mol. The molecule has 0 aromatic carbocycles. The van der Waals surface area contributed by atoms with Gasteiger partial charge in [0.05, 0.1) is 32.4 Å². The summed E-state index contributed by atoms with van der Waals surface area (Å²) in [6.07, 6.45) is -7.92. The van der Waals surface area contributed by atoms with Gasteiger partial charge in [-0.15, -0.1) is 0 Å². The number of rotatable bonds is 28. The number of carboxylic acid groups (broad SMARTS) is 1. The highest BCUT2D eigenvalue weighted by atomic mass is 32.2. The number of phosphoric ester groups is 3. The number of hydrogen-bond donors (Lipinski definition) is 10. The van der Waals surface area contributed by atoms with Gasteiger partial charge in [0.25, 0.3) is 0 Å². The van der Waals surface area contributed by atoms with Crippen LogP contribution in [0.15, 0.2) is 12.7 Å². The van der Waals surface area contributed by atoms with E-state index >= 15 is 0 Å². The predicted molar refractivity (Wildman–Crippen MR) is 217 cm³/mol. The summed E-state index contributed by atoms with van der Waals surface area (Å²) in [6.45, 7) is 1.64. The number of hydrogen-bond acceptors (Lipinski definition) is 21. The lowest BCUT2D eigenvalue weighted by molar-refractivity contribution is -0.139. The summed E-state index contributed by atoms with van der Waals surface area (Å²) in [4.78, 5) is 123. The molecule has 2 aromatic heterocycles. The first kappa shape index (κ1) is 54.7. The van der Waals surface area contributed by atoms with E-state index < -0.39 is 114 Å². The van der Waals surface area contributed by atoms with Gasteiger partial charge >= 0.3 is 29.4 Å². The summed E-state index contributed by atoms with van der Waals surface area (Å²) >= 11 is 0.797. The second-order valence-electron chi connectivity index (χ2n) is 14.8. The molecule has 3 rings (SSSR count). The highest BCUT2D eigenvalue weighted by Gasteiger charge is 2.50. The molecule has 0 spiro atoms. The quantitative estimate of drug-likeness (QED) is 0.0291. The van der Waals surface area contributed by atoms with Crippen molar-refractivity contribution in [1.82, 2.24) is 30.2 Å². The molecule has 360 valence electrons. The maximum Gasteiger partial charge on any atom is 0.481 e. The Balaban J connectivity index is 1.40. The first-order valence-corrected chi connectivity index (χ1v) is 24.4. The number of ketones is 2. The van der Waals surface area contributed by atoms with Crippen LogP contribution in [0.2, 0.25) is 0 Å². The van der Waals surface area contributed by atoms with E-state index in [1.807, 2.05) is 0 Å². The predicted octanol–water partition coefficient (Wildman–Crippen LogP) is -0.526. The summed E-state index contributed by atoms with van der Waals surface area (Å²) in [5.41, 5.74) is 4.16. The van der Waals surface area contributed by atoms with Gasteiger partial charge in [0.1, 0.15) is 47.8 Å². The number of imidazole rings is 1. The molecule has 1 fully saturated rings. The van der Waals surface area contributed by atoms with Crippen LogP contribution >= 0.6 is 35.2 Å². The van der Waals surface area contributed by atoms with Crippen LogP contribution in [-0.4, -0.2) is 145 Å². The lowest BCUT2D eigenvalue weighted by Crippen LogP contribution is -2.46. The summed E-state index contributed by atoms with van der Waals surface area (Å²) in [6, 6.07) is 0. The number of amides is 2. The van der Waals surface area contributed by atoms with Crippen LogP contribution in [0, 0.1) is 11.3 Å². The van der Waals surface area contributed by atoms with Crippen molar-refractivity contribution in [3.8, 4) is 0 Å². The Morgan fingerprint density at radius 3 is 2.30 bits per heavy atom. The van der Waals surface area contributed by atoms with Crippen LogP contribution in [0.1, 0.15) is 65.5 Å². The smallest absolute Gasteiger partial charge is 0.481 e. The zero-order valence-electron chi connectivity index (χ0n) is 34.4. The van der Waals surface area contributed by atoms with Gasteiger partial charge in [0, 0.05) is 49.4 Å². The lowest BCUT2D eigenvalue weighted by atomic mass is 9.87. The van der Waals surface area contributed by atoms with Crippen molar-refractivity contribution < 1.29 is 100.0 Å². The van der Waals surface area contributed by atoms with E-state index in [1.54, 1.807) is 6.92 Å². The van der Waals surface area contributed by atoms with Crippen LogP contribution in [0.5, 0.6) is 0 Å². The Morgan fingerprint density at radius 1 is 0.969 bits per heavy atom. The zero-order chi connectivity index (χ0) is 48.2. The van der Waals surface area contributed by atoms with Crippen LogP contribution in [0.4, 0.5) is 5.82 Å². The molecule has 0 bridgehead atoms. The third-order valence-electron chi connectivity index (χ3n) is 9.10. The summed E-state index contributed by atoms with van der Waals surface area (Å²) in [5.74, 6) is -3.86. The topological polar surface area (TPSA) is 435 Å². The molecular weight excluding hydrogens is 943 g/mol. The fourth-order valence-corrected chi connectivity index (χ4v) is 9.13. The largest absolute Gasteiger partial charge is 0.481 e. The van der Waals surface area contributed by atoms with Gasteiger partial charge in [-0.1, -0.05) is 32.5 Å². The van der Waals surface area contributed by atoms with E-state index in [1.165, 1.54) is 13.8 Å². The molecule has 0 radical (unpaired) electrons. The molecule has 1 aliphatic rings. The molecule has 3 unspecified atom stereocenters. The number of nitrogens with two attached hydrogens (primary N) is 1. The minimum Gasteiger partial charge on any atom is -0.481 e. The average Bonchev–Trinajstić information content (AvgIpc) is 3.75. The van der Waals surface area contributed by atoms with Gasteiger partial charge in [-0.2, -0.15) is 4.31 Å². The molecule has 3 heterocycles. The molecule has 2 amide bonds. The molecular formula is C32H50N7O21P3S. The molecule has 64 heavy (non-hydrogen) atoms. The molecule has 32 heteroatoms. The number of aliphatic hydroxyl groups excluding tert-OH is 2. The van der Waals surface area contributed by atoms with E-state index in [9.17, 15) is 72.2 Å². The third kappa shape index (κ3) is 17.6. The SMILES string of the molecule is CC(CCC(=O)CC(=O)SCCNC(=O)CCNC(=O)[C@H](O)C(C)(C)COP(=O)(O)OP(=O)(O)OC[C@H]1O[C@@H](n2cnc3c(N)ncnc32)[C@H](O)[C@@H]1OP(=O)(O)O)C(=O)CCC(=O)O. The molecule has 8 atom stereocenters. The maximum absolute atomic E-state index is 12.7. The fraction of sp³-hybridized carbons (Fsp3) is 0.656. The van der Waals surface area contributed by atoms with Crippen LogP contribution in [-0.2, 0) is 65.1 Å². The number of carboxylic acids is 1. The highest BCUT2D eigenvalue weighted by molar-refractivity contribution is 8.13. The van der Waals surface area contributed by atoms with Gasteiger partial charge in [-0.25, -0.2) is 28.6 Å². The highest BCUT2D eigenvalue weighted by Crippen LogP contribution is 2.61. The van der Waals surface area contributed by atoms with Crippen molar-refractivity contribution in [2.24, 2.45) is 11.3 Å². The van der Waals surface area contributed by atoms with Crippen LogP contribution in [0.25, 0.3) is 11.2 Å². The second kappa shape index (κ2) is 23.7. The Hall–Kier alpha value is -3.63. The Kier molecular flexibility index (Phi) is 20.3. The minimum atomic E-state index is -5.61. The van der Waals surface area contributed by atoms with Gasteiger partial charge < -0.3 is 56.0 Å². The van der Waals surface area contributed by atoms with Crippen molar-refractivity contribution in [2.75, 3.05) is 37.8 Å². The first-order chi connectivity index (χ1) is 29.6. The number of Topliss-reactive ketones (excluding diaryl/α,β-unsaturated/α-hetero) is 2. The number of anilines is 1. The Morgan fingerprint density at radius 2 is 1.64 bits per heavy atom. The van der Waals surface area contributed by atoms with Gasteiger partial charge in [-0.3, -0.25) is 46.9 Å². The van der Waals surface area contributed by atoms with E-state index in [0.29, 0.717) is 0 Å². The summed E-state index contributed by atoms with van der Waals surface area (Å²) < 4.78 is 62.1. The molecule has 0 aliphatic carbocycles. The summed E-state index contributed by atoms with van der Waals surface area (Å²) in [5, 5.41) is 34.5. The van der Waals surface area contributed by atoms with Crippen LogP contribution in [0.3, 0.4) is 0 Å². The number of nitrogens with one attached hydrogen (secondary N) is 2. The molecule has 28 nitrogen and oxygen atoms in total. The number of nitrogen functional groups attached to an aromatic ring is 1. The number of phosphoric acid groups is 3. The summed E-state index contributed by atoms with van der Waals surface area (Å²) in [7, 11) is -16.5. The van der Waals surface area contributed by atoms with E-state index in [0.717, 1.165) is 29.0 Å². The number of carbonyl (C=O) groups excluding carboxylic acids is 5. The zero-order valence-corrected chi connectivity index (χ0v) is 37.9. The van der Waals surface area contributed by atoms with E-state index in [4.69, 9.17) is 24.6 Å². The number of carbonyl (C=O) groups is 6. The third-order valence-corrected chi connectivity index (χ3v) is 13.1. The lowest BCUT2D eigenvalue weighted by Gasteiger charge is -2.30.